The largest absolute Gasteiger partial charge is 0.379 e. The molecule has 1 saturated heterocycles. The van der Waals surface area contributed by atoms with Crippen molar-refractivity contribution in [3.05, 3.63) is 31.6 Å². The van der Waals surface area contributed by atoms with E-state index < -0.39 is 10.7 Å². The van der Waals surface area contributed by atoms with Crippen molar-refractivity contribution in [2.45, 2.75) is 19.3 Å². The standard InChI is InChI=1S/C13H17FIN3O2/c14-10-6-12(13(18(19)20)7-11(10)15)17-5-3-9-2-1-4-16-8-9/h6-7,9,16-17H,1-5,8H2. The molecule has 1 aliphatic heterocycles. The predicted molar refractivity (Wildman–Crippen MR) is 84.5 cm³/mol. The summed E-state index contributed by atoms with van der Waals surface area (Å²) in [5, 5.41) is 17.3. The van der Waals surface area contributed by atoms with Crippen molar-refractivity contribution < 1.29 is 9.31 Å². The Hall–Kier alpha value is -0.960. The number of benzene rings is 1. The lowest BCUT2D eigenvalue weighted by atomic mass is 9.96. The van der Waals surface area contributed by atoms with Crippen LogP contribution in [0.2, 0.25) is 0 Å². The second-order valence-electron chi connectivity index (χ2n) is 4.97. The van der Waals surface area contributed by atoms with Crippen LogP contribution in [0.1, 0.15) is 19.3 Å². The van der Waals surface area contributed by atoms with E-state index in [0.717, 1.165) is 19.5 Å². The summed E-state index contributed by atoms with van der Waals surface area (Å²) < 4.78 is 13.8. The fourth-order valence-corrected chi connectivity index (χ4v) is 2.86. The van der Waals surface area contributed by atoms with E-state index in [1.807, 2.05) is 0 Å². The van der Waals surface area contributed by atoms with Crippen LogP contribution < -0.4 is 10.6 Å². The first-order valence-corrected chi connectivity index (χ1v) is 7.74. The number of nitrogens with zero attached hydrogens (tertiary/aromatic N) is 1. The highest BCUT2D eigenvalue weighted by atomic mass is 127. The molecular weight excluding hydrogens is 376 g/mol. The Balaban J connectivity index is 1.97. The first kappa shape index (κ1) is 15.4. The van der Waals surface area contributed by atoms with Crippen molar-refractivity contribution in [1.29, 1.82) is 0 Å². The summed E-state index contributed by atoms with van der Waals surface area (Å²) in [4.78, 5) is 10.5. The van der Waals surface area contributed by atoms with Crippen LogP contribution in [0.5, 0.6) is 0 Å². The number of hydrogen-bond acceptors (Lipinski definition) is 4. The smallest absolute Gasteiger partial charge is 0.293 e. The van der Waals surface area contributed by atoms with Crippen molar-refractivity contribution in [2.24, 2.45) is 5.92 Å². The molecule has 0 amide bonds. The Morgan fingerprint density at radius 1 is 1.55 bits per heavy atom. The van der Waals surface area contributed by atoms with Gasteiger partial charge in [-0.1, -0.05) is 0 Å². The lowest BCUT2D eigenvalue weighted by Gasteiger charge is -2.22. The average molecular weight is 393 g/mol. The average Bonchev–Trinajstić information content (AvgIpc) is 2.43. The maximum atomic E-state index is 13.5. The van der Waals surface area contributed by atoms with Crippen LogP contribution in [0.25, 0.3) is 0 Å². The summed E-state index contributed by atoms with van der Waals surface area (Å²) in [7, 11) is 0. The van der Waals surface area contributed by atoms with Gasteiger partial charge in [-0.2, -0.15) is 0 Å². The molecule has 1 heterocycles. The molecule has 1 aliphatic rings. The van der Waals surface area contributed by atoms with Crippen LogP contribution in [-0.2, 0) is 0 Å². The molecule has 5 nitrogen and oxygen atoms in total. The van der Waals surface area contributed by atoms with Gasteiger partial charge < -0.3 is 10.6 Å². The van der Waals surface area contributed by atoms with E-state index in [9.17, 15) is 14.5 Å². The minimum Gasteiger partial charge on any atom is -0.379 e. The summed E-state index contributed by atoms with van der Waals surface area (Å²) in [5.41, 5.74) is 0.189. The van der Waals surface area contributed by atoms with Gasteiger partial charge in [-0.15, -0.1) is 0 Å². The molecule has 0 saturated carbocycles. The fraction of sp³-hybridized carbons (Fsp3) is 0.538. The fourth-order valence-electron chi connectivity index (χ4n) is 2.41. The van der Waals surface area contributed by atoms with Crippen molar-refractivity contribution in [1.82, 2.24) is 5.32 Å². The van der Waals surface area contributed by atoms with Gasteiger partial charge in [0, 0.05) is 18.7 Å². The summed E-state index contributed by atoms with van der Waals surface area (Å²) in [5.74, 6) is 0.155. The Bertz CT molecular complexity index is 493. The lowest BCUT2D eigenvalue weighted by Crippen LogP contribution is -2.30. The third-order valence-electron chi connectivity index (χ3n) is 3.50. The highest BCUT2D eigenvalue weighted by molar-refractivity contribution is 14.1. The van der Waals surface area contributed by atoms with Gasteiger partial charge in [-0.25, -0.2) is 4.39 Å². The van der Waals surface area contributed by atoms with E-state index in [4.69, 9.17) is 0 Å². The predicted octanol–water partition coefficient (Wildman–Crippen LogP) is 3.14. The van der Waals surface area contributed by atoms with Crippen LogP contribution in [0.4, 0.5) is 15.8 Å². The molecule has 20 heavy (non-hydrogen) atoms. The third-order valence-corrected chi connectivity index (χ3v) is 4.33. The number of halogens is 2. The Morgan fingerprint density at radius 2 is 2.35 bits per heavy atom. The Morgan fingerprint density at radius 3 is 3.00 bits per heavy atom. The summed E-state index contributed by atoms with van der Waals surface area (Å²) >= 11 is 1.76. The van der Waals surface area contributed by atoms with E-state index in [2.05, 4.69) is 10.6 Å². The van der Waals surface area contributed by atoms with Crippen molar-refractivity contribution in [3.63, 3.8) is 0 Å². The van der Waals surface area contributed by atoms with E-state index in [0.29, 0.717) is 12.5 Å². The van der Waals surface area contributed by atoms with Crippen LogP contribution >= 0.6 is 22.6 Å². The number of nitrogens with one attached hydrogen (secondary N) is 2. The molecule has 0 aromatic heterocycles. The third kappa shape index (κ3) is 4.02. The molecule has 0 radical (unpaired) electrons. The zero-order valence-corrected chi connectivity index (χ0v) is 13.2. The molecule has 0 bridgehead atoms. The van der Waals surface area contributed by atoms with E-state index >= 15 is 0 Å². The number of anilines is 1. The summed E-state index contributed by atoms with van der Waals surface area (Å²) in [6.45, 7) is 2.68. The molecule has 1 atom stereocenters. The molecule has 1 fully saturated rings. The first-order valence-electron chi connectivity index (χ1n) is 6.66. The normalized spacial score (nSPS) is 18.8. The molecular formula is C13H17FIN3O2. The zero-order valence-electron chi connectivity index (χ0n) is 11.0. The lowest BCUT2D eigenvalue weighted by molar-refractivity contribution is -0.384. The van der Waals surface area contributed by atoms with E-state index in [-0.39, 0.29) is 14.9 Å². The van der Waals surface area contributed by atoms with Gasteiger partial charge in [-0.05, 0) is 60.9 Å². The van der Waals surface area contributed by atoms with Crippen molar-refractivity contribution in [3.8, 4) is 0 Å². The molecule has 0 spiro atoms. The molecule has 2 rings (SSSR count). The van der Waals surface area contributed by atoms with Gasteiger partial charge in [0.2, 0.25) is 0 Å². The number of nitro benzene ring substituents is 1. The molecule has 1 aromatic rings. The second kappa shape index (κ2) is 7.16. The van der Waals surface area contributed by atoms with E-state index in [1.54, 1.807) is 22.6 Å². The number of nitro groups is 1. The van der Waals surface area contributed by atoms with Crippen molar-refractivity contribution in [2.75, 3.05) is 25.0 Å². The molecule has 1 unspecified atom stereocenters. The summed E-state index contributed by atoms with van der Waals surface area (Å²) in [6, 6.07) is 2.47. The maximum Gasteiger partial charge on any atom is 0.293 e. The van der Waals surface area contributed by atoms with Crippen molar-refractivity contribution >= 4 is 34.0 Å². The Labute approximate surface area is 130 Å². The number of rotatable bonds is 5. The molecule has 0 aliphatic carbocycles. The molecule has 110 valence electrons. The van der Waals surface area contributed by atoms with Crippen LogP contribution in [0.15, 0.2) is 12.1 Å². The number of hydrogen-bond donors (Lipinski definition) is 2. The topological polar surface area (TPSA) is 67.2 Å². The minimum absolute atomic E-state index is 0.0717. The molecule has 7 heteroatoms. The highest BCUT2D eigenvalue weighted by Gasteiger charge is 2.18. The monoisotopic (exact) mass is 393 g/mol. The zero-order chi connectivity index (χ0) is 14.5. The van der Waals surface area contributed by atoms with Gasteiger partial charge >= 0.3 is 0 Å². The van der Waals surface area contributed by atoms with E-state index in [1.165, 1.54) is 25.0 Å². The first-order chi connectivity index (χ1) is 9.58. The van der Waals surface area contributed by atoms with Crippen LogP contribution in [0.3, 0.4) is 0 Å². The molecule has 1 aromatic carbocycles. The SMILES string of the molecule is O=[N+]([O-])c1cc(I)c(F)cc1NCCC1CCCNC1. The van der Waals surface area contributed by atoms with Gasteiger partial charge in [0.25, 0.3) is 5.69 Å². The van der Waals surface area contributed by atoms with Crippen LogP contribution in [0, 0.1) is 25.4 Å². The van der Waals surface area contributed by atoms with Gasteiger partial charge in [-0.3, -0.25) is 10.1 Å². The maximum absolute atomic E-state index is 13.5. The van der Waals surface area contributed by atoms with Crippen LogP contribution in [-0.4, -0.2) is 24.6 Å². The van der Waals surface area contributed by atoms with Gasteiger partial charge in [0.15, 0.2) is 0 Å². The minimum atomic E-state index is -0.480. The Kier molecular flexibility index (Phi) is 5.53. The number of piperidine rings is 1. The quantitative estimate of drug-likeness (QED) is 0.458. The highest BCUT2D eigenvalue weighted by Crippen LogP contribution is 2.28. The summed E-state index contributed by atoms with van der Waals surface area (Å²) in [6.07, 6.45) is 3.28. The second-order valence-corrected chi connectivity index (χ2v) is 6.13. The van der Waals surface area contributed by atoms with Gasteiger partial charge in [0.1, 0.15) is 11.5 Å². The molecule has 2 N–H and O–H groups in total. The van der Waals surface area contributed by atoms with Gasteiger partial charge in [0.05, 0.1) is 8.49 Å².